The van der Waals surface area contributed by atoms with Crippen molar-refractivity contribution in [3.8, 4) is 0 Å². The molecule has 0 aliphatic carbocycles. The third-order valence-corrected chi connectivity index (χ3v) is 6.99. The lowest BCUT2D eigenvalue weighted by Crippen LogP contribution is -2.45. The van der Waals surface area contributed by atoms with Crippen LogP contribution in [0.3, 0.4) is 0 Å². The molecular weight excluding hydrogens is 462 g/mol. The summed E-state index contributed by atoms with van der Waals surface area (Å²) >= 11 is 1.24. The summed E-state index contributed by atoms with van der Waals surface area (Å²) in [4.78, 5) is 54.1. The zero-order chi connectivity index (χ0) is 25.2. The smallest absolute Gasteiger partial charge is 0.325 e. The summed E-state index contributed by atoms with van der Waals surface area (Å²) < 4.78 is 0. The van der Waals surface area contributed by atoms with Gasteiger partial charge in [0.25, 0.3) is 5.91 Å². The van der Waals surface area contributed by atoms with E-state index in [0.717, 1.165) is 9.78 Å². The number of rotatable bonds is 7. The molecule has 8 heteroatoms. The Bertz CT molecular complexity index is 1220. The highest BCUT2D eigenvalue weighted by Gasteiger charge is 2.54. The summed E-state index contributed by atoms with van der Waals surface area (Å²) in [6.45, 7) is 5.42. The summed E-state index contributed by atoms with van der Waals surface area (Å²) in [5, 5.41) is 5.71. The van der Waals surface area contributed by atoms with Gasteiger partial charge in [0.2, 0.25) is 5.91 Å². The Morgan fingerprint density at radius 3 is 2.03 bits per heavy atom. The summed E-state index contributed by atoms with van der Waals surface area (Å²) in [7, 11) is 0. The quantitative estimate of drug-likeness (QED) is 0.386. The van der Waals surface area contributed by atoms with Crippen LogP contribution in [0.5, 0.6) is 0 Å². The molecule has 7 nitrogen and oxygen atoms in total. The van der Waals surface area contributed by atoms with E-state index >= 15 is 0 Å². The molecule has 1 saturated heterocycles. The number of hydrogen-bond acceptors (Lipinski definition) is 5. The Labute approximate surface area is 208 Å². The lowest BCUT2D eigenvalue weighted by molar-refractivity contribution is -0.130. The van der Waals surface area contributed by atoms with Crippen molar-refractivity contribution < 1.29 is 19.2 Å². The third kappa shape index (κ3) is 4.74. The zero-order valence-electron chi connectivity index (χ0n) is 19.8. The van der Waals surface area contributed by atoms with Crippen molar-refractivity contribution in [2.45, 2.75) is 32.9 Å². The summed E-state index contributed by atoms with van der Waals surface area (Å²) in [5.41, 5.74) is -0.679. The highest BCUT2D eigenvalue weighted by Crippen LogP contribution is 2.36. The fourth-order valence-corrected chi connectivity index (χ4v) is 4.81. The molecule has 0 spiro atoms. The van der Waals surface area contributed by atoms with E-state index in [-0.39, 0.29) is 18.2 Å². The van der Waals surface area contributed by atoms with Crippen molar-refractivity contribution in [3.63, 3.8) is 0 Å². The van der Waals surface area contributed by atoms with Gasteiger partial charge in [-0.3, -0.25) is 19.3 Å². The molecule has 0 unspecified atom stereocenters. The van der Waals surface area contributed by atoms with E-state index in [4.69, 9.17) is 0 Å². The SMILES string of the molecule is CC(C)(C)C(=O)NCc1ccc(C(=O)CN2C(=O)NC(c3ccccc3)(c3ccccc3)C2=O)s1. The number of hydrogen-bond donors (Lipinski definition) is 2. The first-order valence-electron chi connectivity index (χ1n) is 11.3. The summed E-state index contributed by atoms with van der Waals surface area (Å²) in [6, 6.07) is 20.8. The molecular formula is C27H27N3O4S. The first-order chi connectivity index (χ1) is 16.6. The van der Waals surface area contributed by atoms with Gasteiger partial charge in [-0.1, -0.05) is 81.4 Å². The number of nitrogens with one attached hydrogen (secondary N) is 2. The molecule has 35 heavy (non-hydrogen) atoms. The Hall–Kier alpha value is -3.78. The van der Waals surface area contributed by atoms with Gasteiger partial charge in [-0.2, -0.15) is 0 Å². The highest BCUT2D eigenvalue weighted by molar-refractivity contribution is 7.14. The molecule has 0 bridgehead atoms. The van der Waals surface area contributed by atoms with Crippen molar-refractivity contribution in [3.05, 3.63) is 93.7 Å². The molecule has 2 aromatic carbocycles. The predicted octanol–water partition coefficient (Wildman–Crippen LogP) is 4.09. The summed E-state index contributed by atoms with van der Waals surface area (Å²) in [5.74, 6) is -0.928. The van der Waals surface area contributed by atoms with Crippen molar-refractivity contribution in [2.24, 2.45) is 5.41 Å². The topological polar surface area (TPSA) is 95.6 Å². The standard InChI is InChI=1S/C27H27N3O4S/c1-26(2,3)23(32)28-16-20-14-15-22(35-20)21(31)17-30-24(33)27(29-25(30)34,18-10-6-4-7-11-18)19-12-8-5-9-13-19/h4-15H,16-17H2,1-3H3,(H,28,32)(H,29,34). The maximum absolute atomic E-state index is 13.7. The Morgan fingerprint density at radius 1 is 0.914 bits per heavy atom. The van der Waals surface area contributed by atoms with E-state index in [1.165, 1.54) is 11.3 Å². The van der Waals surface area contributed by atoms with Gasteiger partial charge < -0.3 is 10.6 Å². The predicted molar refractivity (Wildman–Crippen MR) is 134 cm³/mol. The third-order valence-electron chi connectivity index (χ3n) is 5.86. The number of benzene rings is 2. The minimum atomic E-state index is -1.41. The van der Waals surface area contributed by atoms with Crippen molar-refractivity contribution in [2.75, 3.05) is 6.54 Å². The monoisotopic (exact) mass is 489 g/mol. The van der Waals surface area contributed by atoms with Gasteiger partial charge in [0.05, 0.1) is 18.0 Å². The number of carbonyl (C=O) groups is 4. The van der Waals surface area contributed by atoms with E-state index in [1.54, 1.807) is 60.7 Å². The van der Waals surface area contributed by atoms with Crippen LogP contribution in [-0.4, -0.2) is 35.1 Å². The number of carbonyl (C=O) groups excluding carboxylic acids is 4. The molecule has 4 rings (SSSR count). The number of imide groups is 1. The van der Waals surface area contributed by atoms with Crippen LogP contribution >= 0.6 is 11.3 Å². The van der Waals surface area contributed by atoms with E-state index in [9.17, 15) is 19.2 Å². The second kappa shape index (κ2) is 9.46. The van der Waals surface area contributed by atoms with Crippen LogP contribution in [0.15, 0.2) is 72.8 Å². The van der Waals surface area contributed by atoms with Gasteiger partial charge in [-0.05, 0) is 23.3 Å². The lowest BCUT2D eigenvalue weighted by atomic mass is 9.82. The largest absolute Gasteiger partial charge is 0.351 e. The van der Waals surface area contributed by atoms with Crippen LogP contribution in [0.1, 0.15) is 46.4 Å². The number of thiophene rings is 1. The van der Waals surface area contributed by atoms with E-state index in [2.05, 4.69) is 10.6 Å². The van der Waals surface area contributed by atoms with Crippen LogP contribution in [0.2, 0.25) is 0 Å². The first kappa shape index (κ1) is 24.3. The van der Waals surface area contributed by atoms with Crippen molar-refractivity contribution >= 4 is 35.0 Å². The van der Waals surface area contributed by atoms with Crippen LogP contribution in [0.25, 0.3) is 0 Å². The molecule has 2 N–H and O–H groups in total. The molecule has 4 amide bonds. The lowest BCUT2D eigenvalue weighted by Gasteiger charge is -2.27. The number of ketones is 1. The molecule has 0 saturated carbocycles. The molecule has 1 fully saturated rings. The maximum atomic E-state index is 13.7. The molecule has 3 aromatic rings. The van der Waals surface area contributed by atoms with Crippen LogP contribution < -0.4 is 10.6 Å². The second-order valence-electron chi connectivity index (χ2n) is 9.43. The van der Waals surface area contributed by atoms with Crippen LogP contribution in [-0.2, 0) is 21.7 Å². The molecule has 1 aliphatic rings. The highest BCUT2D eigenvalue weighted by atomic mass is 32.1. The average Bonchev–Trinajstić information content (AvgIpc) is 3.42. The van der Waals surface area contributed by atoms with Crippen LogP contribution in [0.4, 0.5) is 4.79 Å². The van der Waals surface area contributed by atoms with Gasteiger partial charge in [0, 0.05) is 10.3 Å². The first-order valence-corrected chi connectivity index (χ1v) is 12.1. The normalized spacial score (nSPS) is 15.1. The molecule has 0 radical (unpaired) electrons. The number of amides is 4. The Morgan fingerprint density at radius 2 is 1.49 bits per heavy atom. The number of urea groups is 1. The average molecular weight is 490 g/mol. The van der Waals surface area contributed by atoms with Gasteiger partial charge in [-0.25, -0.2) is 4.79 Å². The fourth-order valence-electron chi connectivity index (χ4n) is 3.93. The van der Waals surface area contributed by atoms with Crippen molar-refractivity contribution in [1.82, 2.24) is 15.5 Å². The molecule has 180 valence electrons. The minimum Gasteiger partial charge on any atom is -0.351 e. The minimum absolute atomic E-state index is 0.0868. The van der Waals surface area contributed by atoms with E-state index in [1.807, 2.05) is 32.9 Å². The van der Waals surface area contributed by atoms with Crippen LogP contribution in [0, 0.1) is 5.41 Å². The molecule has 0 atom stereocenters. The van der Waals surface area contributed by atoms with Gasteiger partial charge in [0.1, 0.15) is 0 Å². The second-order valence-corrected chi connectivity index (χ2v) is 10.6. The fraction of sp³-hybridized carbons (Fsp3) is 0.259. The van der Waals surface area contributed by atoms with Crippen molar-refractivity contribution in [1.29, 1.82) is 0 Å². The van der Waals surface area contributed by atoms with E-state index in [0.29, 0.717) is 22.5 Å². The Balaban J connectivity index is 1.54. The zero-order valence-corrected chi connectivity index (χ0v) is 20.6. The summed E-state index contributed by atoms with van der Waals surface area (Å²) in [6.07, 6.45) is 0. The molecule has 1 aromatic heterocycles. The van der Waals surface area contributed by atoms with Gasteiger partial charge in [-0.15, -0.1) is 11.3 Å². The Kier molecular flexibility index (Phi) is 6.58. The number of Topliss-reactive ketones (excluding diaryl/α,β-unsaturated/α-hetero) is 1. The van der Waals surface area contributed by atoms with Gasteiger partial charge in [0.15, 0.2) is 11.3 Å². The molecule has 1 aliphatic heterocycles. The van der Waals surface area contributed by atoms with E-state index < -0.39 is 22.9 Å². The van der Waals surface area contributed by atoms with Gasteiger partial charge >= 0.3 is 6.03 Å². The maximum Gasteiger partial charge on any atom is 0.325 e. The molecule has 2 heterocycles. The number of nitrogens with zero attached hydrogens (tertiary/aromatic N) is 1.